The second kappa shape index (κ2) is 6.51. The lowest BCUT2D eigenvalue weighted by Crippen LogP contribution is -2.20. The van der Waals surface area contributed by atoms with Gasteiger partial charge in [-0.2, -0.15) is 0 Å². The highest BCUT2D eigenvalue weighted by atomic mass is 16.5. The summed E-state index contributed by atoms with van der Waals surface area (Å²) >= 11 is 0. The highest BCUT2D eigenvalue weighted by Gasteiger charge is 2.08. The average Bonchev–Trinajstić information content (AvgIpc) is 2.48. The molecule has 0 fully saturated rings. The van der Waals surface area contributed by atoms with Crippen molar-refractivity contribution in [3.8, 4) is 5.88 Å². The van der Waals surface area contributed by atoms with E-state index in [2.05, 4.69) is 15.6 Å². The molecule has 6 nitrogen and oxygen atoms in total. The van der Waals surface area contributed by atoms with Crippen LogP contribution in [0.25, 0.3) is 0 Å². The van der Waals surface area contributed by atoms with E-state index < -0.39 is 6.03 Å². The van der Waals surface area contributed by atoms with Crippen molar-refractivity contribution >= 4 is 23.2 Å². The van der Waals surface area contributed by atoms with Gasteiger partial charge in [0.05, 0.1) is 7.11 Å². The van der Waals surface area contributed by atoms with Crippen molar-refractivity contribution in [2.75, 3.05) is 17.7 Å². The fourth-order valence-electron chi connectivity index (χ4n) is 1.72. The molecular formula is C15H15N3O3. The molecule has 0 radical (unpaired) electrons. The molecule has 2 N–H and O–H groups in total. The van der Waals surface area contributed by atoms with Gasteiger partial charge < -0.3 is 15.4 Å². The number of ketones is 1. The number of carbonyl (C=O) groups excluding carboxylic acids is 2. The number of anilines is 2. The maximum Gasteiger partial charge on any atom is 0.323 e. The number of urea groups is 1. The van der Waals surface area contributed by atoms with Crippen molar-refractivity contribution in [1.82, 2.24) is 4.98 Å². The summed E-state index contributed by atoms with van der Waals surface area (Å²) in [5, 5.41) is 5.31. The first-order chi connectivity index (χ1) is 10.1. The number of pyridine rings is 1. The van der Waals surface area contributed by atoms with Gasteiger partial charge in [0, 0.05) is 17.4 Å². The highest BCUT2D eigenvalue weighted by molar-refractivity contribution is 6.01. The maximum atomic E-state index is 11.9. The van der Waals surface area contributed by atoms with Crippen LogP contribution in [0.2, 0.25) is 0 Å². The third-order valence-corrected chi connectivity index (χ3v) is 2.76. The molecule has 2 amide bonds. The Morgan fingerprint density at radius 2 is 1.81 bits per heavy atom. The molecule has 21 heavy (non-hydrogen) atoms. The number of aromatic nitrogens is 1. The van der Waals surface area contributed by atoms with Crippen LogP contribution in [0.15, 0.2) is 42.6 Å². The fourth-order valence-corrected chi connectivity index (χ4v) is 1.72. The van der Waals surface area contributed by atoms with Gasteiger partial charge in [-0.1, -0.05) is 0 Å². The monoisotopic (exact) mass is 285 g/mol. The standard InChI is InChI=1S/C15H15N3O3/c1-10(19)11-5-7-12(8-6-11)17-15(20)18-13-4-3-9-16-14(13)21-2/h3-9H,1-2H3,(H2,17,18,20). The number of carbonyl (C=O) groups is 2. The zero-order valence-electron chi connectivity index (χ0n) is 11.7. The highest BCUT2D eigenvalue weighted by Crippen LogP contribution is 2.20. The van der Waals surface area contributed by atoms with Gasteiger partial charge in [-0.3, -0.25) is 4.79 Å². The molecule has 0 saturated heterocycles. The maximum absolute atomic E-state index is 11.9. The number of nitrogens with one attached hydrogen (secondary N) is 2. The number of hydrogen-bond acceptors (Lipinski definition) is 4. The van der Waals surface area contributed by atoms with Crippen LogP contribution in [0.1, 0.15) is 17.3 Å². The lowest BCUT2D eigenvalue weighted by molar-refractivity contribution is 0.101. The Hall–Kier alpha value is -2.89. The Kier molecular flexibility index (Phi) is 4.50. The molecule has 0 spiro atoms. The SMILES string of the molecule is COc1ncccc1NC(=O)Nc1ccc(C(C)=O)cc1. The predicted octanol–water partition coefficient (Wildman–Crippen LogP) is 2.94. The van der Waals surface area contributed by atoms with E-state index in [4.69, 9.17) is 4.74 Å². The first kappa shape index (κ1) is 14.5. The second-order valence-corrected chi connectivity index (χ2v) is 4.27. The minimum absolute atomic E-state index is 0.0221. The molecule has 0 aliphatic rings. The van der Waals surface area contributed by atoms with E-state index in [-0.39, 0.29) is 5.78 Å². The number of methoxy groups -OCH3 is 1. The van der Waals surface area contributed by atoms with Crippen LogP contribution >= 0.6 is 0 Å². The zero-order chi connectivity index (χ0) is 15.2. The third-order valence-electron chi connectivity index (χ3n) is 2.76. The average molecular weight is 285 g/mol. The Morgan fingerprint density at radius 1 is 1.10 bits per heavy atom. The number of rotatable bonds is 4. The van der Waals surface area contributed by atoms with E-state index >= 15 is 0 Å². The van der Waals surface area contributed by atoms with Crippen molar-refractivity contribution in [3.63, 3.8) is 0 Å². The zero-order valence-corrected chi connectivity index (χ0v) is 11.7. The molecule has 1 heterocycles. The van der Waals surface area contributed by atoms with Crippen molar-refractivity contribution in [2.45, 2.75) is 6.92 Å². The van der Waals surface area contributed by atoms with Crippen LogP contribution in [-0.2, 0) is 0 Å². The first-order valence-electron chi connectivity index (χ1n) is 6.28. The quantitative estimate of drug-likeness (QED) is 0.846. The predicted molar refractivity (Wildman–Crippen MR) is 79.9 cm³/mol. The van der Waals surface area contributed by atoms with Gasteiger partial charge in [0.15, 0.2) is 5.78 Å². The summed E-state index contributed by atoms with van der Waals surface area (Å²) in [4.78, 5) is 27.1. The Morgan fingerprint density at radius 3 is 2.43 bits per heavy atom. The normalized spacial score (nSPS) is 9.81. The Labute approximate surface area is 122 Å². The molecule has 2 rings (SSSR count). The van der Waals surface area contributed by atoms with E-state index in [1.54, 1.807) is 42.6 Å². The molecule has 0 aliphatic carbocycles. The summed E-state index contributed by atoms with van der Waals surface area (Å²) in [6, 6.07) is 9.60. The van der Waals surface area contributed by atoms with Gasteiger partial charge in [-0.25, -0.2) is 9.78 Å². The summed E-state index contributed by atoms with van der Waals surface area (Å²) in [5.41, 5.74) is 1.65. The van der Waals surface area contributed by atoms with Gasteiger partial charge in [0.25, 0.3) is 0 Å². The summed E-state index contributed by atoms with van der Waals surface area (Å²) < 4.78 is 5.05. The topological polar surface area (TPSA) is 80.3 Å². The molecule has 0 aliphatic heterocycles. The van der Waals surface area contributed by atoms with Crippen LogP contribution in [0.5, 0.6) is 5.88 Å². The Balaban J connectivity index is 2.03. The molecule has 0 unspecified atom stereocenters. The summed E-state index contributed by atoms with van der Waals surface area (Å²) in [6.45, 7) is 1.49. The van der Waals surface area contributed by atoms with Gasteiger partial charge in [-0.05, 0) is 43.3 Å². The number of nitrogens with zero attached hydrogens (tertiary/aromatic N) is 1. The fraction of sp³-hybridized carbons (Fsp3) is 0.133. The van der Waals surface area contributed by atoms with E-state index in [1.807, 2.05) is 0 Å². The van der Waals surface area contributed by atoms with E-state index in [9.17, 15) is 9.59 Å². The summed E-state index contributed by atoms with van der Waals surface area (Å²) in [5.74, 6) is 0.311. The van der Waals surface area contributed by atoms with Crippen LogP contribution in [0.4, 0.5) is 16.2 Å². The van der Waals surface area contributed by atoms with E-state index in [1.165, 1.54) is 14.0 Å². The van der Waals surface area contributed by atoms with Crippen LogP contribution in [-0.4, -0.2) is 23.9 Å². The molecule has 0 bridgehead atoms. The van der Waals surface area contributed by atoms with Crippen LogP contribution < -0.4 is 15.4 Å². The molecule has 108 valence electrons. The Bertz CT molecular complexity index is 653. The number of ether oxygens (including phenoxy) is 1. The molecule has 1 aromatic heterocycles. The minimum Gasteiger partial charge on any atom is -0.480 e. The smallest absolute Gasteiger partial charge is 0.323 e. The second-order valence-electron chi connectivity index (χ2n) is 4.27. The van der Waals surface area contributed by atoms with E-state index in [0.717, 1.165) is 0 Å². The molecule has 2 aromatic rings. The number of hydrogen-bond donors (Lipinski definition) is 2. The van der Waals surface area contributed by atoms with Crippen molar-refractivity contribution < 1.29 is 14.3 Å². The number of Topliss-reactive ketones (excluding diaryl/α,β-unsaturated/α-hetero) is 1. The minimum atomic E-state index is -0.420. The summed E-state index contributed by atoms with van der Waals surface area (Å²) in [6.07, 6.45) is 1.57. The molecule has 0 saturated carbocycles. The summed E-state index contributed by atoms with van der Waals surface area (Å²) in [7, 11) is 1.48. The molecule has 1 aromatic carbocycles. The number of benzene rings is 1. The molecule has 6 heteroatoms. The van der Waals surface area contributed by atoms with Gasteiger partial charge in [-0.15, -0.1) is 0 Å². The van der Waals surface area contributed by atoms with Gasteiger partial charge in [0.1, 0.15) is 5.69 Å². The molecular weight excluding hydrogens is 270 g/mol. The number of amides is 2. The van der Waals surface area contributed by atoms with Crippen molar-refractivity contribution in [3.05, 3.63) is 48.2 Å². The molecule has 0 atom stereocenters. The largest absolute Gasteiger partial charge is 0.480 e. The van der Waals surface area contributed by atoms with Gasteiger partial charge >= 0.3 is 6.03 Å². The first-order valence-corrected chi connectivity index (χ1v) is 6.28. The van der Waals surface area contributed by atoms with E-state index in [0.29, 0.717) is 22.8 Å². The van der Waals surface area contributed by atoms with Crippen molar-refractivity contribution in [1.29, 1.82) is 0 Å². The van der Waals surface area contributed by atoms with Crippen molar-refractivity contribution in [2.24, 2.45) is 0 Å². The lowest BCUT2D eigenvalue weighted by atomic mass is 10.1. The van der Waals surface area contributed by atoms with Crippen LogP contribution in [0.3, 0.4) is 0 Å². The lowest BCUT2D eigenvalue weighted by Gasteiger charge is -2.10. The van der Waals surface area contributed by atoms with Gasteiger partial charge in [0.2, 0.25) is 5.88 Å². The third kappa shape index (κ3) is 3.79. The van der Waals surface area contributed by atoms with Crippen LogP contribution in [0, 0.1) is 0 Å².